The van der Waals surface area contributed by atoms with Gasteiger partial charge in [0.1, 0.15) is 5.75 Å². The van der Waals surface area contributed by atoms with Gasteiger partial charge in [0, 0.05) is 12.5 Å². The molecule has 0 radical (unpaired) electrons. The molecule has 96 valence electrons. The van der Waals surface area contributed by atoms with Gasteiger partial charge in [-0.15, -0.1) is 0 Å². The normalized spacial score (nSPS) is 11.4. The minimum absolute atomic E-state index is 0.0198. The van der Waals surface area contributed by atoms with Crippen LogP contribution < -0.4 is 10.1 Å². The number of nitrogens with one attached hydrogen (secondary N) is 1. The number of benzene rings is 1. The molecule has 0 saturated carbocycles. The Morgan fingerprint density at radius 2 is 2.11 bits per heavy atom. The van der Waals surface area contributed by atoms with Crippen LogP contribution in [-0.2, 0) is 11.2 Å². The monoisotopic (exact) mass is 246 g/mol. The molecule has 0 bridgehead atoms. The van der Waals surface area contributed by atoms with E-state index < -0.39 is 0 Å². The smallest absolute Gasteiger partial charge is 0.220 e. The van der Waals surface area contributed by atoms with Crippen LogP contribution in [0.5, 0.6) is 5.75 Å². The molecule has 0 aliphatic carbocycles. The number of hydrogen-bond acceptors (Lipinski definition) is 3. The Hall–Kier alpha value is -2.02. The molecule has 1 rings (SSSR count). The zero-order valence-corrected chi connectivity index (χ0v) is 10.8. The van der Waals surface area contributed by atoms with Gasteiger partial charge in [-0.3, -0.25) is 4.79 Å². The highest BCUT2D eigenvalue weighted by Crippen LogP contribution is 2.12. The van der Waals surface area contributed by atoms with E-state index in [1.54, 1.807) is 7.11 Å². The van der Waals surface area contributed by atoms with Gasteiger partial charge in [-0.2, -0.15) is 5.26 Å². The van der Waals surface area contributed by atoms with Gasteiger partial charge < -0.3 is 10.1 Å². The second-order valence-corrected chi connectivity index (χ2v) is 4.18. The molecular weight excluding hydrogens is 228 g/mol. The summed E-state index contributed by atoms with van der Waals surface area (Å²) in [5, 5.41) is 11.3. The molecule has 0 spiro atoms. The third kappa shape index (κ3) is 4.88. The second kappa shape index (κ2) is 7.33. The molecule has 0 fully saturated rings. The van der Waals surface area contributed by atoms with Gasteiger partial charge in [0.05, 0.1) is 19.6 Å². The maximum atomic E-state index is 11.6. The van der Waals surface area contributed by atoms with Crippen LogP contribution in [0.3, 0.4) is 0 Å². The molecule has 1 aromatic rings. The molecule has 0 saturated heterocycles. The molecule has 1 N–H and O–H groups in total. The van der Waals surface area contributed by atoms with E-state index >= 15 is 0 Å². The van der Waals surface area contributed by atoms with Gasteiger partial charge in [-0.05, 0) is 31.0 Å². The van der Waals surface area contributed by atoms with Crippen molar-refractivity contribution < 1.29 is 9.53 Å². The lowest BCUT2D eigenvalue weighted by Gasteiger charge is -2.10. The van der Waals surface area contributed by atoms with E-state index in [1.165, 1.54) is 0 Å². The second-order valence-electron chi connectivity index (χ2n) is 4.18. The predicted molar refractivity (Wildman–Crippen MR) is 69.1 cm³/mol. The van der Waals surface area contributed by atoms with Gasteiger partial charge in [-0.25, -0.2) is 0 Å². The number of rotatable bonds is 6. The number of nitriles is 1. The maximum Gasteiger partial charge on any atom is 0.220 e. The molecule has 0 aliphatic rings. The quantitative estimate of drug-likeness (QED) is 0.835. The van der Waals surface area contributed by atoms with Gasteiger partial charge >= 0.3 is 0 Å². The van der Waals surface area contributed by atoms with E-state index in [4.69, 9.17) is 10.00 Å². The van der Waals surface area contributed by atoms with Crippen LogP contribution in [0, 0.1) is 11.3 Å². The van der Waals surface area contributed by atoms with Crippen molar-refractivity contribution in [2.75, 3.05) is 7.11 Å². The minimum Gasteiger partial charge on any atom is -0.497 e. The zero-order chi connectivity index (χ0) is 13.4. The van der Waals surface area contributed by atoms with Crippen LogP contribution in [0.4, 0.5) is 0 Å². The summed E-state index contributed by atoms with van der Waals surface area (Å²) in [6.45, 7) is 1.83. The first-order valence-electron chi connectivity index (χ1n) is 5.95. The van der Waals surface area contributed by atoms with Crippen molar-refractivity contribution in [2.45, 2.75) is 32.2 Å². The third-order valence-corrected chi connectivity index (χ3v) is 2.60. The van der Waals surface area contributed by atoms with Gasteiger partial charge in [0.2, 0.25) is 5.91 Å². The van der Waals surface area contributed by atoms with E-state index in [0.717, 1.165) is 11.3 Å². The van der Waals surface area contributed by atoms with Crippen LogP contribution >= 0.6 is 0 Å². The van der Waals surface area contributed by atoms with Crippen LogP contribution in [-0.4, -0.2) is 19.1 Å². The summed E-state index contributed by atoms with van der Waals surface area (Å²) in [6, 6.07) is 9.61. The number of amides is 1. The van der Waals surface area contributed by atoms with Crippen molar-refractivity contribution in [3.8, 4) is 11.8 Å². The van der Waals surface area contributed by atoms with Crippen LogP contribution in [0.15, 0.2) is 24.3 Å². The predicted octanol–water partition coefficient (Wildman–Crippen LogP) is 2.05. The van der Waals surface area contributed by atoms with Crippen molar-refractivity contribution in [3.63, 3.8) is 0 Å². The summed E-state index contributed by atoms with van der Waals surface area (Å²) in [7, 11) is 1.62. The number of methoxy groups -OCH3 is 1. The standard InChI is InChI=1S/C14H18N2O2/c1-11(9-10-15)16-14(17)8-5-12-3-6-13(18-2)7-4-12/h3-4,6-7,11H,5,8-9H2,1-2H3,(H,16,17). The molecule has 0 aromatic heterocycles. The van der Waals surface area contributed by atoms with E-state index in [2.05, 4.69) is 5.32 Å². The Labute approximate surface area is 108 Å². The van der Waals surface area contributed by atoms with Crippen LogP contribution in [0.2, 0.25) is 0 Å². The zero-order valence-electron chi connectivity index (χ0n) is 10.8. The lowest BCUT2D eigenvalue weighted by Crippen LogP contribution is -2.32. The van der Waals surface area contributed by atoms with E-state index in [0.29, 0.717) is 19.3 Å². The van der Waals surface area contributed by atoms with Gasteiger partial charge in [0.25, 0.3) is 0 Å². The van der Waals surface area contributed by atoms with Crippen molar-refractivity contribution >= 4 is 5.91 Å². The summed E-state index contributed by atoms with van der Waals surface area (Å²) in [5.41, 5.74) is 1.10. The average molecular weight is 246 g/mol. The van der Waals surface area contributed by atoms with E-state index in [9.17, 15) is 4.79 Å². The van der Waals surface area contributed by atoms with Crippen LogP contribution in [0.1, 0.15) is 25.3 Å². The highest BCUT2D eigenvalue weighted by atomic mass is 16.5. The molecular formula is C14H18N2O2. The Balaban J connectivity index is 2.35. The van der Waals surface area contributed by atoms with Crippen LogP contribution in [0.25, 0.3) is 0 Å². The van der Waals surface area contributed by atoms with Crippen molar-refractivity contribution in [1.29, 1.82) is 5.26 Å². The molecule has 1 atom stereocenters. The average Bonchev–Trinajstić information content (AvgIpc) is 2.37. The summed E-state index contributed by atoms with van der Waals surface area (Å²) < 4.78 is 5.06. The number of aryl methyl sites for hydroxylation is 1. The summed E-state index contributed by atoms with van der Waals surface area (Å²) in [6.07, 6.45) is 1.46. The minimum atomic E-state index is -0.0848. The molecule has 4 nitrogen and oxygen atoms in total. The van der Waals surface area contributed by atoms with Gasteiger partial charge in [0.15, 0.2) is 0 Å². The molecule has 18 heavy (non-hydrogen) atoms. The lowest BCUT2D eigenvalue weighted by atomic mass is 10.1. The number of nitrogens with zero attached hydrogens (tertiary/aromatic N) is 1. The first-order valence-corrected chi connectivity index (χ1v) is 5.95. The Bertz CT molecular complexity index is 420. The fourth-order valence-electron chi connectivity index (χ4n) is 1.59. The fraction of sp³-hybridized carbons (Fsp3) is 0.429. The maximum absolute atomic E-state index is 11.6. The van der Waals surface area contributed by atoms with E-state index in [1.807, 2.05) is 37.3 Å². The van der Waals surface area contributed by atoms with Crippen molar-refractivity contribution in [1.82, 2.24) is 5.32 Å². The highest BCUT2D eigenvalue weighted by Gasteiger charge is 2.06. The van der Waals surface area contributed by atoms with E-state index in [-0.39, 0.29) is 11.9 Å². The molecule has 0 heterocycles. The topological polar surface area (TPSA) is 62.1 Å². The number of ether oxygens (including phenoxy) is 1. The number of hydrogen-bond donors (Lipinski definition) is 1. The molecule has 1 aromatic carbocycles. The molecule has 0 aliphatic heterocycles. The number of carbonyl (C=O) groups is 1. The molecule has 1 unspecified atom stereocenters. The molecule has 1 amide bonds. The Morgan fingerprint density at radius 3 is 2.67 bits per heavy atom. The SMILES string of the molecule is COc1ccc(CCC(=O)NC(C)CC#N)cc1. The summed E-state index contributed by atoms with van der Waals surface area (Å²) in [5.74, 6) is 0.791. The fourth-order valence-corrected chi connectivity index (χ4v) is 1.59. The van der Waals surface area contributed by atoms with Gasteiger partial charge in [-0.1, -0.05) is 12.1 Å². The summed E-state index contributed by atoms with van der Waals surface area (Å²) in [4.78, 5) is 11.6. The first kappa shape index (κ1) is 14.0. The summed E-state index contributed by atoms with van der Waals surface area (Å²) >= 11 is 0. The Kier molecular flexibility index (Phi) is 5.72. The highest BCUT2D eigenvalue weighted by molar-refractivity contribution is 5.76. The first-order chi connectivity index (χ1) is 8.65. The number of carbonyl (C=O) groups excluding carboxylic acids is 1. The lowest BCUT2D eigenvalue weighted by molar-refractivity contribution is -0.121. The van der Waals surface area contributed by atoms with Crippen molar-refractivity contribution in [3.05, 3.63) is 29.8 Å². The molecule has 4 heteroatoms. The largest absolute Gasteiger partial charge is 0.497 e. The third-order valence-electron chi connectivity index (χ3n) is 2.60. The van der Waals surface area contributed by atoms with Crippen molar-refractivity contribution in [2.24, 2.45) is 0 Å². The Morgan fingerprint density at radius 1 is 1.44 bits per heavy atom.